The van der Waals surface area contributed by atoms with E-state index in [4.69, 9.17) is 32.7 Å². The zero-order valence-electron chi connectivity index (χ0n) is 8.75. The highest BCUT2D eigenvalue weighted by Crippen LogP contribution is 2.35. The van der Waals surface area contributed by atoms with Crippen molar-refractivity contribution < 1.29 is 9.47 Å². The van der Waals surface area contributed by atoms with E-state index >= 15 is 0 Å². The zero-order chi connectivity index (χ0) is 11.7. The lowest BCUT2D eigenvalue weighted by molar-refractivity contribution is 0.410. The fourth-order valence-electron chi connectivity index (χ4n) is 1.50. The maximum absolute atomic E-state index is 5.92. The van der Waals surface area contributed by atoms with E-state index in [1.807, 2.05) is 0 Å². The van der Waals surface area contributed by atoms with Gasteiger partial charge >= 0.3 is 0 Å². The van der Waals surface area contributed by atoms with Crippen LogP contribution in [0.3, 0.4) is 0 Å². The quantitative estimate of drug-likeness (QED) is 0.772. The van der Waals surface area contributed by atoms with Crippen molar-refractivity contribution in [1.82, 2.24) is 4.98 Å². The van der Waals surface area contributed by atoms with E-state index in [9.17, 15) is 0 Å². The van der Waals surface area contributed by atoms with Gasteiger partial charge in [-0.3, -0.25) is 0 Å². The molecule has 5 heteroatoms. The van der Waals surface area contributed by atoms with E-state index in [1.54, 1.807) is 32.4 Å². The Morgan fingerprint density at radius 1 is 1.06 bits per heavy atom. The lowest BCUT2D eigenvalue weighted by Gasteiger charge is -2.09. The summed E-state index contributed by atoms with van der Waals surface area (Å²) in [5, 5.41) is 1.41. The summed E-state index contributed by atoms with van der Waals surface area (Å²) in [4.78, 5) is 4.18. The maximum atomic E-state index is 5.92. The highest BCUT2D eigenvalue weighted by molar-refractivity contribution is 6.41. The summed E-state index contributed by atoms with van der Waals surface area (Å²) in [5.41, 5.74) is 0.635. The normalized spacial score (nSPS) is 10.5. The predicted molar refractivity (Wildman–Crippen MR) is 64.9 cm³/mol. The molecule has 0 aliphatic rings. The van der Waals surface area contributed by atoms with E-state index in [0.717, 1.165) is 5.39 Å². The monoisotopic (exact) mass is 257 g/mol. The number of fused-ring (bicyclic) bond motifs is 1. The van der Waals surface area contributed by atoms with Crippen molar-refractivity contribution in [3.63, 3.8) is 0 Å². The van der Waals surface area contributed by atoms with Crippen molar-refractivity contribution in [2.24, 2.45) is 0 Å². The van der Waals surface area contributed by atoms with Gasteiger partial charge in [-0.05, 0) is 18.2 Å². The molecule has 0 bridgehead atoms. The molecule has 0 aliphatic heterocycles. The number of halogens is 2. The Bertz CT molecular complexity index is 494. The van der Waals surface area contributed by atoms with Crippen LogP contribution in [0.2, 0.25) is 10.2 Å². The predicted octanol–water partition coefficient (Wildman–Crippen LogP) is 3.56. The van der Waals surface area contributed by atoms with Crippen LogP contribution in [0.4, 0.5) is 0 Å². The van der Waals surface area contributed by atoms with Crippen LogP contribution >= 0.6 is 23.2 Å². The molecule has 1 aromatic heterocycles. The number of ether oxygens (including phenoxy) is 2. The Balaban J connectivity index is 2.85. The second-order valence-corrected chi connectivity index (χ2v) is 3.89. The number of methoxy groups -OCH3 is 2. The Morgan fingerprint density at radius 3 is 2.31 bits per heavy atom. The number of hydrogen-bond donors (Lipinski definition) is 0. The average molecular weight is 258 g/mol. The first kappa shape index (κ1) is 11.3. The second kappa shape index (κ2) is 4.36. The van der Waals surface area contributed by atoms with E-state index < -0.39 is 0 Å². The minimum Gasteiger partial charge on any atom is -0.496 e. The number of nitrogens with zero attached hydrogens (tertiary/aromatic N) is 1. The number of aromatic nitrogens is 1. The molecule has 3 nitrogen and oxygen atoms in total. The first-order valence-electron chi connectivity index (χ1n) is 4.54. The molecule has 0 fully saturated rings. The summed E-state index contributed by atoms with van der Waals surface area (Å²) in [6.45, 7) is 0. The van der Waals surface area contributed by atoms with Gasteiger partial charge in [0, 0.05) is 5.39 Å². The van der Waals surface area contributed by atoms with Gasteiger partial charge in [0.15, 0.2) is 0 Å². The summed E-state index contributed by atoms with van der Waals surface area (Å²) >= 11 is 11.8. The fraction of sp³-hybridized carbons (Fsp3) is 0.182. The van der Waals surface area contributed by atoms with Gasteiger partial charge in [0.25, 0.3) is 0 Å². The van der Waals surface area contributed by atoms with Crippen LogP contribution in [-0.4, -0.2) is 19.2 Å². The third-order valence-corrected chi connectivity index (χ3v) is 2.93. The van der Waals surface area contributed by atoms with Crippen LogP contribution < -0.4 is 9.47 Å². The second-order valence-electron chi connectivity index (χ2n) is 3.13. The van der Waals surface area contributed by atoms with Gasteiger partial charge in [0.1, 0.15) is 22.2 Å². The largest absolute Gasteiger partial charge is 0.496 e. The number of pyridine rings is 1. The molecule has 1 heterocycles. The Labute approximate surface area is 103 Å². The van der Waals surface area contributed by atoms with Gasteiger partial charge in [-0.25, -0.2) is 4.98 Å². The lowest BCUT2D eigenvalue weighted by atomic mass is 10.2. The molecule has 2 aromatic rings. The van der Waals surface area contributed by atoms with Crippen LogP contribution in [0.25, 0.3) is 10.9 Å². The van der Waals surface area contributed by atoms with Crippen molar-refractivity contribution in [2.45, 2.75) is 0 Å². The van der Waals surface area contributed by atoms with Gasteiger partial charge in [-0.15, -0.1) is 0 Å². The van der Waals surface area contributed by atoms with Crippen molar-refractivity contribution in [1.29, 1.82) is 0 Å². The summed E-state index contributed by atoms with van der Waals surface area (Å²) < 4.78 is 10.4. The molecule has 0 atom stereocenters. The van der Waals surface area contributed by atoms with Crippen molar-refractivity contribution in [3.05, 3.63) is 28.4 Å². The van der Waals surface area contributed by atoms with Gasteiger partial charge in [0.05, 0.1) is 19.2 Å². The molecule has 0 N–H and O–H groups in total. The Kier molecular flexibility index (Phi) is 3.08. The van der Waals surface area contributed by atoms with Gasteiger partial charge < -0.3 is 9.47 Å². The summed E-state index contributed by atoms with van der Waals surface area (Å²) in [6.07, 6.45) is 0. The van der Waals surface area contributed by atoms with Crippen LogP contribution in [0, 0.1) is 0 Å². The fourth-order valence-corrected chi connectivity index (χ4v) is 1.80. The zero-order valence-corrected chi connectivity index (χ0v) is 10.3. The standard InChI is InChI=1S/C11H9Cl2NO2/c1-15-8-3-4-9(16-2)10-6(8)5-7(12)11(13)14-10/h3-5H,1-2H3. The van der Waals surface area contributed by atoms with Crippen LogP contribution in [0.15, 0.2) is 18.2 Å². The number of rotatable bonds is 2. The topological polar surface area (TPSA) is 31.4 Å². The van der Waals surface area contributed by atoms with E-state index in [1.165, 1.54) is 0 Å². The van der Waals surface area contributed by atoms with Crippen molar-refractivity contribution in [2.75, 3.05) is 14.2 Å². The van der Waals surface area contributed by atoms with Crippen LogP contribution in [-0.2, 0) is 0 Å². The molecule has 0 unspecified atom stereocenters. The molecule has 16 heavy (non-hydrogen) atoms. The molecule has 1 aromatic carbocycles. The van der Waals surface area contributed by atoms with Gasteiger partial charge in [-0.2, -0.15) is 0 Å². The Hall–Kier alpha value is -1.19. The molecule has 0 saturated carbocycles. The average Bonchev–Trinajstić information content (AvgIpc) is 2.29. The molecule has 0 radical (unpaired) electrons. The SMILES string of the molecule is COc1ccc(OC)c2nc(Cl)c(Cl)cc12. The Morgan fingerprint density at radius 2 is 1.69 bits per heavy atom. The first-order chi connectivity index (χ1) is 7.67. The van der Waals surface area contributed by atoms with E-state index in [0.29, 0.717) is 22.0 Å². The van der Waals surface area contributed by atoms with E-state index in [-0.39, 0.29) is 5.15 Å². The summed E-state index contributed by atoms with van der Waals surface area (Å²) in [5.74, 6) is 1.32. The van der Waals surface area contributed by atoms with Gasteiger partial charge in [-0.1, -0.05) is 23.2 Å². The lowest BCUT2D eigenvalue weighted by Crippen LogP contribution is -1.92. The molecular weight excluding hydrogens is 249 g/mol. The highest BCUT2D eigenvalue weighted by Gasteiger charge is 2.11. The summed E-state index contributed by atoms with van der Waals surface area (Å²) in [6, 6.07) is 5.29. The molecule has 0 saturated heterocycles. The minimum atomic E-state index is 0.251. The first-order valence-corrected chi connectivity index (χ1v) is 5.29. The number of benzene rings is 1. The molecule has 84 valence electrons. The van der Waals surface area contributed by atoms with Crippen LogP contribution in [0.5, 0.6) is 11.5 Å². The third-order valence-electron chi connectivity index (χ3n) is 2.26. The highest BCUT2D eigenvalue weighted by atomic mass is 35.5. The van der Waals surface area contributed by atoms with Crippen LogP contribution in [0.1, 0.15) is 0 Å². The smallest absolute Gasteiger partial charge is 0.148 e. The molecule has 2 rings (SSSR count). The minimum absolute atomic E-state index is 0.251. The molecule has 0 amide bonds. The van der Waals surface area contributed by atoms with Gasteiger partial charge in [0.2, 0.25) is 0 Å². The number of hydrogen-bond acceptors (Lipinski definition) is 3. The molecular formula is C11H9Cl2NO2. The maximum Gasteiger partial charge on any atom is 0.148 e. The molecule has 0 aliphatic carbocycles. The summed E-state index contributed by atoms with van der Waals surface area (Å²) in [7, 11) is 3.16. The third kappa shape index (κ3) is 1.77. The van der Waals surface area contributed by atoms with Crippen molar-refractivity contribution in [3.8, 4) is 11.5 Å². The van der Waals surface area contributed by atoms with Crippen molar-refractivity contribution >= 4 is 34.1 Å². The molecule has 0 spiro atoms. The van der Waals surface area contributed by atoms with E-state index in [2.05, 4.69) is 4.98 Å².